The second-order valence-corrected chi connectivity index (χ2v) is 11.3. The molecule has 1 amide bonds. The summed E-state index contributed by atoms with van der Waals surface area (Å²) >= 11 is 1.31. The molecule has 35 heavy (non-hydrogen) atoms. The minimum absolute atomic E-state index is 0.0231. The number of benzene rings is 1. The van der Waals surface area contributed by atoms with Gasteiger partial charge in [0.2, 0.25) is 5.91 Å². The number of rotatable bonds is 10. The standard InChI is InChI=1S/C26H34FN5O2S/c1-16(2)26(4,15-28)29-24(33)14-35-25-31-30-23(13-34-22-8-6-5-7-21(22)27)32(25)17(3)20-12-18-9-10-19(20)11-18/h5-8,16-20H,9-14H2,1-4H3,(H,29,33). The van der Waals surface area contributed by atoms with Crippen molar-refractivity contribution >= 4 is 17.7 Å². The van der Waals surface area contributed by atoms with Crippen LogP contribution in [0.3, 0.4) is 0 Å². The molecule has 7 nitrogen and oxygen atoms in total. The maximum absolute atomic E-state index is 14.1. The van der Waals surface area contributed by atoms with Crippen molar-refractivity contribution in [2.24, 2.45) is 23.7 Å². The summed E-state index contributed by atoms with van der Waals surface area (Å²) in [7, 11) is 0. The van der Waals surface area contributed by atoms with Gasteiger partial charge in [0, 0.05) is 6.04 Å². The molecule has 1 heterocycles. The van der Waals surface area contributed by atoms with E-state index in [1.165, 1.54) is 43.5 Å². The normalized spacial score (nSPS) is 23.6. The van der Waals surface area contributed by atoms with E-state index in [-0.39, 0.29) is 36.0 Å². The number of amides is 1. The van der Waals surface area contributed by atoms with E-state index in [1.54, 1.807) is 25.1 Å². The van der Waals surface area contributed by atoms with E-state index < -0.39 is 11.4 Å². The van der Waals surface area contributed by atoms with Crippen molar-refractivity contribution in [2.45, 2.75) is 76.7 Å². The molecule has 1 N–H and O–H groups in total. The number of halogens is 1. The SMILES string of the molecule is CC(C1CC2CCC1C2)n1c(COc2ccccc2F)nnc1SCC(=O)NC(C)(C#N)C(C)C. The maximum Gasteiger partial charge on any atom is 0.231 e. The zero-order chi connectivity index (χ0) is 25.2. The Morgan fingerprint density at radius 3 is 2.71 bits per heavy atom. The Labute approximate surface area is 210 Å². The first-order valence-corrected chi connectivity index (χ1v) is 13.4. The van der Waals surface area contributed by atoms with Crippen LogP contribution < -0.4 is 10.1 Å². The van der Waals surface area contributed by atoms with E-state index in [0.29, 0.717) is 22.8 Å². The summed E-state index contributed by atoms with van der Waals surface area (Å²) in [5, 5.41) is 21.8. The highest BCUT2D eigenvalue weighted by Gasteiger charge is 2.43. The summed E-state index contributed by atoms with van der Waals surface area (Å²) in [6.07, 6.45) is 5.05. The number of aromatic nitrogens is 3. The molecule has 5 unspecified atom stereocenters. The molecule has 2 aromatic rings. The molecule has 0 saturated heterocycles. The van der Waals surface area contributed by atoms with Crippen molar-refractivity contribution in [3.63, 3.8) is 0 Å². The van der Waals surface area contributed by atoms with Crippen molar-refractivity contribution in [2.75, 3.05) is 5.75 Å². The predicted octanol–water partition coefficient (Wildman–Crippen LogP) is 5.14. The average molecular weight is 500 g/mol. The van der Waals surface area contributed by atoms with Crippen molar-refractivity contribution in [1.82, 2.24) is 20.1 Å². The largest absolute Gasteiger partial charge is 0.483 e. The Morgan fingerprint density at radius 1 is 1.31 bits per heavy atom. The molecule has 0 spiro atoms. The lowest BCUT2D eigenvalue weighted by molar-refractivity contribution is -0.120. The summed E-state index contributed by atoms with van der Waals surface area (Å²) < 4.78 is 21.9. The lowest BCUT2D eigenvalue weighted by atomic mass is 9.84. The van der Waals surface area contributed by atoms with Crippen LogP contribution in [0.1, 0.15) is 65.2 Å². The zero-order valence-corrected chi connectivity index (χ0v) is 21.6. The molecule has 1 aromatic heterocycles. The number of nitrogens with zero attached hydrogens (tertiary/aromatic N) is 4. The molecule has 0 aliphatic heterocycles. The van der Waals surface area contributed by atoms with Crippen LogP contribution in [0, 0.1) is 40.8 Å². The lowest BCUT2D eigenvalue weighted by Crippen LogP contribution is -2.49. The minimum Gasteiger partial charge on any atom is -0.483 e. The quantitative estimate of drug-likeness (QED) is 0.455. The molecule has 2 aliphatic rings. The van der Waals surface area contributed by atoms with Crippen molar-refractivity contribution in [3.05, 3.63) is 35.9 Å². The van der Waals surface area contributed by atoms with Gasteiger partial charge >= 0.3 is 0 Å². The first kappa shape index (κ1) is 25.5. The fourth-order valence-corrected chi connectivity index (χ4v) is 6.29. The number of para-hydroxylation sites is 1. The van der Waals surface area contributed by atoms with Crippen LogP contribution >= 0.6 is 11.8 Å². The maximum atomic E-state index is 14.1. The second-order valence-electron chi connectivity index (χ2n) is 10.4. The topological polar surface area (TPSA) is 92.8 Å². The Morgan fingerprint density at radius 2 is 2.09 bits per heavy atom. The van der Waals surface area contributed by atoms with Crippen LogP contribution in [-0.4, -0.2) is 32.0 Å². The van der Waals surface area contributed by atoms with E-state index in [9.17, 15) is 14.4 Å². The Balaban J connectivity index is 1.51. The average Bonchev–Trinajstić information content (AvgIpc) is 3.57. The van der Waals surface area contributed by atoms with E-state index in [4.69, 9.17) is 4.74 Å². The van der Waals surface area contributed by atoms with Crippen LogP contribution in [0.2, 0.25) is 0 Å². The number of nitrogens with one attached hydrogen (secondary N) is 1. The van der Waals surface area contributed by atoms with Gasteiger partial charge in [0.15, 0.2) is 22.5 Å². The summed E-state index contributed by atoms with van der Waals surface area (Å²) in [5.41, 5.74) is -0.930. The van der Waals surface area contributed by atoms with E-state index in [0.717, 1.165) is 5.92 Å². The van der Waals surface area contributed by atoms with Gasteiger partial charge in [-0.1, -0.05) is 44.2 Å². The van der Waals surface area contributed by atoms with Gasteiger partial charge in [0.1, 0.15) is 12.1 Å². The van der Waals surface area contributed by atoms with E-state index in [1.807, 2.05) is 13.8 Å². The van der Waals surface area contributed by atoms with Crippen LogP contribution in [0.25, 0.3) is 0 Å². The van der Waals surface area contributed by atoms with E-state index >= 15 is 0 Å². The number of carbonyl (C=O) groups is 1. The van der Waals surface area contributed by atoms with Gasteiger partial charge in [-0.05, 0) is 68.9 Å². The molecule has 2 saturated carbocycles. The van der Waals surface area contributed by atoms with Gasteiger partial charge in [-0.2, -0.15) is 5.26 Å². The number of ether oxygens (including phenoxy) is 1. The molecule has 9 heteroatoms. The third-order valence-electron chi connectivity index (χ3n) is 7.87. The Hall–Kier alpha value is -2.60. The molecule has 1 aromatic carbocycles. The lowest BCUT2D eigenvalue weighted by Gasteiger charge is -2.30. The minimum atomic E-state index is -0.930. The molecule has 188 valence electrons. The number of nitriles is 1. The van der Waals surface area contributed by atoms with Crippen LogP contribution in [0.5, 0.6) is 5.75 Å². The first-order chi connectivity index (χ1) is 16.7. The molecule has 2 aliphatic carbocycles. The summed E-state index contributed by atoms with van der Waals surface area (Å²) in [6.45, 7) is 7.83. The van der Waals surface area contributed by atoms with Gasteiger partial charge in [-0.3, -0.25) is 9.36 Å². The zero-order valence-electron chi connectivity index (χ0n) is 20.8. The smallest absolute Gasteiger partial charge is 0.231 e. The third kappa shape index (κ3) is 5.48. The Bertz CT molecular complexity index is 1100. The number of carbonyl (C=O) groups excluding carboxylic acids is 1. The van der Waals surface area contributed by atoms with Crippen LogP contribution in [-0.2, 0) is 11.4 Å². The van der Waals surface area contributed by atoms with Gasteiger partial charge in [0.05, 0.1) is 11.8 Å². The number of hydrogen-bond donors (Lipinski definition) is 1. The fraction of sp³-hybridized carbons (Fsp3) is 0.615. The summed E-state index contributed by atoms with van der Waals surface area (Å²) in [5.74, 6) is 2.27. The highest BCUT2D eigenvalue weighted by atomic mass is 32.2. The predicted molar refractivity (Wildman–Crippen MR) is 132 cm³/mol. The summed E-state index contributed by atoms with van der Waals surface area (Å²) in [4.78, 5) is 12.7. The highest BCUT2D eigenvalue weighted by molar-refractivity contribution is 7.99. The second kappa shape index (κ2) is 10.6. The van der Waals surface area contributed by atoms with Gasteiger partial charge in [-0.15, -0.1) is 10.2 Å². The van der Waals surface area contributed by atoms with E-state index in [2.05, 4.69) is 33.1 Å². The van der Waals surface area contributed by atoms with Gasteiger partial charge < -0.3 is 10.1 Å². The molecule has 4 rings (SSSR count). The molecule has 2 bridgehead atoms. The highest BCUT2D eigenvalue weighted by Crippen LogP contribution is 2.52. The molecular formula is C26H34FN5O2S. The van der Waals surface area contributed by atoms with Crippen molar-refractivity contribution in [1.29, 1.82) is 5.26 Å². The fourth-order valence-electron chi connectivity index (χ4n) is 5.45. The first-order valence-electron chi connectivity index (χ1n) is 12.4. The van der Waals surface area contributed by atoms with Crippen LogP contribution in [0.15, 0.2) is 29.4 Å². The van der Waals surface area contributed by atoms with Crippen molar-refractivity contribution < 1.29 is 13.9 Å². The number of hydrogen-bond acceptors (Lipinski definition) is 6. The molecule has 0 radical (unpaired) electrons. The third-order valence-corrected chi connectivity index (χ3v) is 8.81. The monoisotopic (exact) mass is 499 g/mol. The number of fused-ring (bicyclic) bond motifs is 2. The molecular weight excluding hydrogens is 465 g/mol. The Kier molecular flexibility index (Phi) is 7.70. The summed E-state index contributed by atoms with van der Waals surface area (Å²) in [6, 6.07) is 8.66. The van der Waals surface area contributed by atoms with Gasteiger partial charge in [-0.25, -0.2) is 4.39 Å². The van der Waals surface area contributed by atoms with Crippen LogP contribution in [0.4, 0.5) is 4.39 Å². The number of thioether (sulfide) groups is 1. The molecule has 5 atom stereocenters. The van der Waals surface area contributed by atoms with Crippen molar-refractivity contribution in [3.8, 4) is 11.8 Å². The van der Waals surface area contributed by atoms with Gasteiger partial charge in [0.25, 0.3) is 0 Å². The molecule has 2 fully saturated rings.